The SMILES string of the molecule is COC(=O)[C@@H](Cc1ccccc1)NC(=O)c1cc2occc2n1Cc1ccccc1F. The van der Waals surface area contributed by atoms with Crippen LogP contribution in [0.15, 0.2) is 77.4 Å². The number of amides is 1. The van der Waals surface area contributed by atoms with E-state index in [4.69, 9.17) is 9.15 Å². The maximum absolute atomic E-state index is 14.2. The van der Waals surface area contributed by atoms with Crippen LogP contribution in [0.4, 0.5) is 4.39 Å². The molecule has 0 unspecified atom stereocenters. The van der Waals surface area contributed by atoms with E-state index in [9.17, 15) is 14.0 Å². The van der Waals surface area contributed by atoms with Crippen molar-refractivity contribution in [3.8, 4) is 0 Å². The van der Waals surface area contributed by atoms with Crippen molar-refractivity contribution in [2.45, 2.75) is 19.0 Å². The number of esters is 1. The summed E-state index contributed by atoms with van der Waals surface area (Å²) in [5.41, 5.74) is 2.74. The van der Waals surface area contributed by atoms with E-state index < -0.39 is 17.9 Å². The Morgan fingerprint density at radius 1 is 1.10 bits per heavy atom. The first-order valence-corrected chi connectivity index (χ1v) is 9.79. The van der Waals surface area contributed by atoms with Crippen LogP contribution in [0, 0.1) is 5.82 Å². The summed E-state index contributed by atoms with van der Waals surface area (Å²) in [6.07, 6.45) is 1.79. The maximum Gasteiger partial charge on any atom is 0.328 e. The molecule has 0 saturated carbocycles. The van der Waals surface area contributed by atoms with Crippen molar-refractivity contribution in [3.05, 3.63) is 95.6 Å². The zero-order chi connectivity index (χ0) is 21.8. The van der Waals surface area contributed by atoms with Gasteiger partial charge in [0.05, 0.1) is 25.4 Å². The van der Waals surface area contributed by atoms with E-state index >= 15 is 0 Å². The zero-order valence-corrected chi connectivity index (χ0v) is 16.9. The lowest BCUT2D eigenvalue weighted by molar-refractivity contribution is -0.142. The molecule has 7 heteroatoms. The van der Waals surface area contributed by atoms with Crippen molar-refractivity contribution < 1.29 is 23.1 Å². The number of methoxy groups -OCH3 is 1. The fraction of sp³-hybridized carbons (Fsp3) is 0.167. The van der Waals surface area contributed by atoms with Gasteiger partial charge in [0.15, 0.2) is 5.58 Å². The van der Waals surface area contributed by atoms with Crippen LogP contribution in [0.25, 0.3) is 11.1 Å². The second-order valence-corrected chi connectivity index (χ2v) is 7.12. The molecule has 2 heterocycles. The number of furan rings is 1. The number of aromatic nitrogens is 1. The minimum atomic E-state index is -0.872. The minimum absolute atomic E-state index is 0.139. The largest absolute Gasteiger partial charge is 0.467 e. The lowest BCUT2D eigenvalue weighted by Gasteiger charge is -2.18. The average Bonchev–Trinajstić information content (AvgIpc) is 3.37. The van der Waals surface area contributed by atoms with Gasteiger partial charge < -0.3 is 19.0 Å². The van der Waals surface area contributed by atoms with Crippen LogP contribution in [-0.4, -0.2) is 29.6 Å². The Hall–Kier alpha value is -3.87. The number of hydrogen-bond acceptors (Lipinski definition) is 4. The molecular weight excluding hydrogens is 399 g/mol. The quantitative estimate of drug-likeness (QED) is 0.460. The number of ether oxygens (including phenoxy) is 1. The van der Waals surface area contributed by atoms with Gasteiger partial charge in [-0.2, -0.15) is 0 Å². The number of fused-ring (bicyclic) bond motifs is 1. The molecule has 1 atom stereocenters. The highest BCUT2D eigenvalue weighted by Crippen LogP contribution is 2.23. The molecule has 0 aliphatic heterocycles. The first-order chi connectivity index (χ1) is 15.1. The Balaban J connectivity index is 1.64. The maximum atomic E-state index is 14.2. The Labute approximate surface area is 178 Å². The number of nitrogens with one attached hydrogen (secondary N) is 1. The second-order valence-electron chi connectivity index (χ2n) is 7.12. The lowest BCUT2D eigenvalue weighted by Crippen LogP contribution is -2.43. The van der Waals surface area contributed by atoms with Gasteiger partial charge in [-0.1, -0.05) is 48.5 Å². The van der Waals surface area contributed by atoms with Crippen LogP contribution in [0.5, 0.6) is 0 Å². The van der Waals surface area contributed by atoms with Gasteiger partial charge in [-0.3, -0.25) is 4.79 Å². The van der Waals surface area contributed by atoms with Gasteiger partial charge in [-0.25, -0.2) is 9.18 Å². The van der Waals surface area contributed by atoms with E-state index in [0.717, 1.165) is 5.56 Å². The van der Waals surface area contributed by atoms with Crippen LogP contribution in [-0.2, 0) is 22.5 Å². The summed E-state index contributed by atoms with van der Waals surface area (Å²) in [5.74, 6) is -1.39. The first kappa shape index (κ1) is 20.4. The van der Waals surface area contributed by atoms with Gasteiger partial charge in [0.1, 0.15) is 17.6 Å². The summed E-state index contributed by atoms with van der Waals surface area (Å²) in [6, 6.07) is 18.2. The third-order valence-corrected chi connectivity index (χ3v) is 5.12. The normalized spacial score (nSPS) is 11.9. The predicted octanol–water partition coefficient (Wildman–Crippen LogP) is 3.94. The first-order valence-electron chi connectivity index (χ1n) is 9.79. The van der Waals surface area contributed by atoms with Crippen molar-refractivity contribution in [1.29, 1.82) is 0 Å². The summed E-state index contributed by atoms with van der Waals surface area (Å²) in [6.45, 7) is 0.139. The molecule has 6 nitrogen and oxygen atoms in total. The number of carbonyl (C=O) groups excluding carboxylic acids is 2. The van der Waals surface area contributed by atoms with E-state index in [1.807, 2.05) is 30.3 Å². The highest BCUT2D eigenvalue weighted by atomic mass is 19.1. The van der Waals surface area contributed by atoms with Gasteiger partial charge in [-0.05, 0) is 11.6 Å². The van der Waals surface area contributed by atoms with Gasteiger partial charge in [0, 0.05) is 24.1 Å². The summed E-state index contributed by atoms with van der Waals surface area (Å²) in [7, 11) is 1.28. The van der Waals surface area contributed by atoms with Crippen molar-refractivity contribution in [2.75, 3.05) is 7.11 Å². The van der Waals surface area contributed by atoms with Gasteiger partial charge >= 0.3 is 5.97 Å². The minimum Gasteiger partial charge on any atom is -0.467 e. The molecule has 0 radical (unpaired) electrons. The van der Waals surface area contributed by atoms with Gasteiger partial charge in [0.2, 0.25) is 0 Å². The van der Waals surface area contributed by atoms with Crippen LogP contribution in [0.3, 0.4) is 0 Å². The Kier molecular flexibility index (Phi) is 5.84. The van der Waals surface area contributed by atoms with E-state index in [2.05, 4.69) is 5.32 Å². The van der Waals surface area contributed by atoms with Crippen LogP contribution < -0.4 is 5.32 Å². The number of benzene rings is 2. The van der Waals surface area contributed by atoms with Gasteiger partial charge in [0.25, 0.3) is 5.91 Å². The van der Waals surface area contributed by atoms with Crippen molar-refractivity contribution in [3.63, 3.8) is 0 Å². The van der Waals surface area contributed by atoms with Crippen molar-refractivity contribution in [2.24, 2.45) is 0 Å². The van der Waals surface area contributed by atoms with Crippen LogP contribution >= 0.6 is 0 Å². The Morgan fingerprint density at radius 3 is 2.58 bits per heavy atom. The second kappa shape index (κ2) is 8.87. The summed E-state index contributed by atoms with van der Waals surface area (Å²) >= 11 is 0. The molecule has 0 fully saturated rings. The average molecular weight is 420 g/mol. The van der Waals surface area contributed by atoms with Crippen molar-refractivity contribution in [1.82, 2.24) is 9.88 Å². The zero-order valence-electron chi connectivity index (χ0n) is 16.9. The number of hydrogen-bond donors (Lipinski definition) is 1. The molecule has 2 aromatic heterocycles. The van der Waals surface area contributed by atoms with E-state index in [1.165, 1.54) is 19.4 Å². The third kappa shape index (κ3) is 4.35. The third-order valence-electron chi connectivity index (χ3n) is 5.12. The number of halogens is 1. The van der Waals surface area contributed by atoms with E-state index in [1.54, 1.807) is 34.9 Å². The molecule has 2 aromatic carbocycles. The van der Waals surface area contributed by atoms with Crippen LogP contribution in [0.1, 0.15) is 21.6 Å². The molecule has 1 N–H and O–H groups in total. The number of rotatable bonds is 7. The summed E-state index contributed by atoms with van der Waals surface area (Å²) < 4.78 is 26.2. The molecule has 4 rings (SSSR count). The highest BCUT2D eigenvalue weighted by molar-refractivity contribution is 5.99. The fourth-order valence-electron chi connectivity index (χ4n) is 3.55. The molecule has 0 aliphatic rings. The van der Waals surface area contributed by atoms with Gasteiger partial charge in [-0.15, -0.1) is 0 Å². The highest BCUT2D eigenvalue weighted by Gasteiger charge is 2.25. The molecular formula is C24H21FN2O4. The number of nitrogens with zero attached hydrogens (tertiary/aromatic N) is 1. The Morgan fingerprint density at radius 2 is 1.84 bits per heavy atom. The molecule has 0 aliphatic carbocycles. The predicted molar refractivity (Wildman–Crippen MR) is 113 cm³/mol. The monoisotopic (exact) mass is 420 g/mol. The van der Waals surface area contributed by atoms with Crippen molar-refractivity contribution >= 4 is 23.0 Å². The molecule has 0 bridgehead atoms. The molecule has 0 spiro atoms. The summed E-state index contributed by atoms with van der Waals surface area (Å²) in [4.78, 5) is 25.5. The topological polar surface area (TPSA) is 73.5 Å². The van der Waals surface area contributed by atoms with E-state index in [0.29, 0.717) is 16.7 Å². The molecule has 1 amide bonds. The fourth-order valence-corrected chi connectivity index (χ4v) is 3.55. The molecule has 158 valence electrons. The lowest BCUT2D eigenvalue weighted by atomic mass is 10.1. The molecule has 0 saturated heterocycles. The molecule has 31 heavy (non-hydrogen) atoms. The standard InChI is InChI=1S/C24H21FN2O4/c1-30-24(29)19(13-16-7-3-2-4-8-16)26-23(28)21-14-22-20(11-12-31-22)27(21)15-17-9-5-6-10-18(17)25/h2-12,14,19H,13,15H2,1H3,(H,26,28)/t19-/m1/s1. The number of carbonyl (C=O) groups is 2. The smallest absolute Gasteiger partial charge is 0.328 e. The molecule has 4 aromatic rings. The van der Waals surface area contributed by atoms with E-state index in [-0.39, 0.29) is 24.5 Å². The Bertz CT molecular complexity index is 1210. The summed E-state index contributed by atoms with van der Waals surface area (Å²) in [5, 5.41) is 2.75. The van der Waals surface area contributed by atoms with Crippen LogP contribution in [0.2, 0.25) is 0 Å².